The molecule has 1 unspecified atom stereocenters. The Kier molecular flexibility index (Phi) is 6.72. The maximum Gasteiger partial charge on any atom is 0.226 e. The van der Waals surface area contributed by atoms with Crippen LogP contribution in [-0.4, -0.2) is 43.1 Å². The van der Waals surface area contributed by atoms with Crippen molar-refractivity contribution >= 4 is 18.3 Å². The summed E-state index contributed by atoms with van der Waals surface area (Å²) in [5.41, 5.74) is 1.24. The summed E-state index contributed by atoms with van der Waals surface area (Å²) in [6.45, 7) is 5.63. The number of halogens is 1. The summed E-state index contributed by atoms with van der Waals surface area (Å²) in [5, 5.41) is 3.33. The first kappa shape index (κ1) is 18.1. The number of hydrogen-bond acceptors (Lipinski definition) is 3. The fourth-order valence-electron chi connectivity index (χ4n) is 3.32. The number of carbonyl (C=O) groups excluding carboxylic acids is 1. The Balaban J connectivity index is 0.00000192. The van der Waals surface area contributed by atoms with E-state index in [-0.39, 0.29) is 24.4 Å². The molecule has 128 valence electrons. The van der Waals surface area contributed by atoms with Crippen LogP contribution in [0.4, 0.5) is 0 Å². The third-order valence-electron chi connectivity index (χ3n) is 4.72. The molecule has 4 nitrogen and oxygen atoms in total. The lowest BCUT2D eigenvalue weighted by atomic mass is 9.96. The summed E-state index contributed by atoms with van der Waals surface area (Å²) < 4.78 is 6.03. The third kappa shape index (κ3) is 4.85. The van der Waals surface area contributed by atoms with Crippen molar-refractivity contribution in [3.63, 3.8) is 0 Å². The lowest BCUT2D eigenvalue weighted by molar-refractivity contribution is -0.137. The van der Waals surface area contributed by atoms with Crippen LogP contribution in [0.15, 0.2) is 24.3 Å². The van der Waals surface area contributed by atoms with Crippen molar-refractivity contribution in [2.75, 3.05) is 26.2 Å². The van der Waals surface area contributed by atoms with E-state index in [0.717, 1.165) is 57.6 Å². The molecule has 0 radical (unpaired) electrons. The number of ether oxygens (including phenoxy) is 1. The molecule has 0 spiro atoms. The molecule has 2 aliphatic rings. The first-order valence-electron chi connectivity index (χ1n) is 8.45. The van der Waals surface area contributed by atoms with Gasteiger partial charge in [0.1, 0.15) is 11.9 Å². The summed E-state index contributed by atoms with van der Waals surface area (Å²) in [7, 11) is 0. The molecule has 2 heterocycles. The monoisotopic (exact) mass is 338 g/mol. The van der Waals surface area contributed by atoms with Crippen LogP contribution in [-0.2, 0) is 4.79 Å². The second-order valence-electron chi connectivity index (χ2n) is 6.50. The molecule has 2 fully saturated rings. The molecule has 1 N–H and O–H groups in total. The summed E-state index contributed by atoms with van der Waals surface area (Å²) in [5.74, 6) is 1.45. The number of nitrogens with zero attached hydrogens (tertiary/aromatic N) is 1. The van der Waals surface area contributed by atoms with Gasteiger partial charge >= 0.3 is 0 Å². The van der Waals surface area contributed by atoms with E-state index < -0.39 is 0 Å². The maximum atomic E-state index is 12.5. The highest BCUT2D eigenvalue weighted by atomic mass is 35.5. The van der Waals surface area contributed by atoms with E-state index in [4.69, 9.17) is 4.74 Å². The van der Waals surface area contributed by atoms with Crippen LogP contribution in [0.1, 0.15) is 31.2 Å². The fourth-order valence-corrected chi connectivity index (χ4v) is 3.32. The normalized spacial score (nSPS) is 22.3. The molecule has 0 saturated carbocycles. The highest BCUT2D eigenvalue weighted by Gasteiger charge is 2.29. The average Bonchev–Trinajstić information content (AvgIpc) is 2.58. The molecule has 5 heteroatoms. The Morgan fingerprint density at radius 1 is 1.17 bits per heavy atom. The number of benzene rings is 1. The van der Waals surface area contributed by atoms with Crippen molar-refractivity contribution in [1.29, 1.82) is 0 Å². The summed E-state index contributed by atoms with van der Waals surface area (Å²) in [6.07, 6.45) is 4.24. The first-order valence-corrected chi connectivity index (χ1v) is 8.45. The van der Waals surface area contributed by atoms with Gasteiger partial charge in [-0.3, -0.25) is 4.79 Å². The molecule has 0 aliphatic carbocycles. The van der Waals surface area contributed by atoms with Crippen LogP contribution in [0.3, 0.4) is 0 Å². The minimum Gasteiger partial charge on any atom is -0.490 e. The van der Waals surface area contributed by atoms with E-state index >= 15 is 0 Å². The van der Waals surface area contributed by atoms with Gasteiger partial charge in [0.05, 0.1) is 5.92 Å². The highest BCUT2D eigenvalue weighted by Crippen LogP contribution is 2.22. The van der Waals surface area contributed by atoms with Gasteiger partial charge in [-0.25, -0.2) is 0 Å². The number of hydrogen-bond donors (Lipinski definition) is 1. The molecule has 1 aromatic rings. The molecule has 23 heavy (non-hydrogen) atoms. The van der Waals surface area contributed by atoms with Gasteiger partial charge in [0, 0.05) is 32.5 Å². The second-order valence-corrected chi connectivity index (χ2v) is 6.50. The lowest BCUT2D eigenvalue weighted by Gasteiger charge is -2.35. The molecule has 2 aliphatic heterocycles. The van der Waals surface area contributed by atoms with Gasteiger partial charge in [-0.05, 0) is 38.4 Å². The Morgan fingerprint density at radius 2 is 1.87 bits per heavy atom. The molecule has 3 rings (SSSR count). The molecule has 1 aromatic carbocycles. The van der Waals surface area contributed by atoms with Crippen molar-refractivity contribution < 1.29 is 9.53 Å². The van der Waals surface area contributed by atoms with E-state index in [1.54, 1.807) is 0 Å². The number of likely N-dealkylation sites (tertiary alicyclic amines) is 1. The van der Waals surface area contributed by atoms with Crippen molar-refractivity contribution in [2.45, 2.75) is 38.7 Å². The smallest absolute Gasteiger partial charge is 0.226 e. The van der Waals surface area contributed by atoms with Crippen molar-refractivity contribution in [1.82, 2.24) is 10.2 Å². The Hall–Kier alpha value is -1.26. The van der Waals surface area contributed by atoms with Crippen molar-refractivity contribution in [3.8, 4) is 5.75 Å². The number of aryl methyl sites for hydroxylation is 1. The average molecular weight is 339 g/mol. The Morgan fingerprint density at radius 3 is 2.48 bits per heavy atom. The number of carbonyl (C=O) groups is 1. The Labute approximate surface area is 145 Å². The largest absolute Gasteiger partial charge is 0.490 e. The van der Waals surface area contributed by atoms with Gasteiger partial charge < -0.3 is 15.0 Å². The third-order valence-corrected chi connectivity index (χ3v) is 4.72. The topological polar surface area (TPSA) is 41.6 Å². The van der Waals surface area contributed by atoms with Crippen molar-refractivity contribution in [2.24, 2.45) is 5.92 Å². The fraction of sp³-hybridized carbons (Fsp3) is 0.611. The summed E-state index contributed by atoms with van der Waals surface area (Å²) in [6, 6.07) is 8.20. The van der Waals surface area contributed by atoms with E-state index in [1.807, 2.05) is 17.0 Å². The lowest BCUT2D eigenvalue weighted by Crippen LogP contribution is -2.47. The molecular weight excluding hydrogens is 312 g/mol. The summed E-state index contributed by atoms with van der Waals surface area (Å²) >= 11 is 0. The summed E-state index contributed by atoms with van der Waals surface area (Å²) in [4.78, 5) is 14.5. The molecule has 2 saturated heterocycles. The number of nitrogens with one attached hydrogen (secondary N) is 1. The van der Waals surface area contributed by atoms with Gasteiger partial charge in [-0.1, -0.05) is 17.7 Å². The van der Waals surface area contributed by atoms with Crippen molar-refractivity contribution in [3.05, 3.63) is 29.8 Å². The zero-order valence-corrected chi connectivity index (χ0v) is 14.6. The van der Waals surface area contributed by atoms with Gasteiger partial charge in [-0.15, -0.1) is 12.4 Å². The number of piperidine rings is 2. The van der Waals surface area contributed by atoms with E-state index in [1.165, 1.54) is 5.56 Å². The standard InChI is InChI=1S/C18H26N2O2.ClH/c1-14-4-6-16(7-5-14)22-17-8-11-20(12-9-17)18(21)15-3-2-10-19-13-15;/h4-7,15,17,19H,2-3,8-13H2,1H3;1H. The van der Waals surface area contributed by atoms with Crippen LogP contribution < -0.4 is 10.1 Å². The van der Waals surface area contributed by atoms with Crippen LogP contribution >= 0.6 is 12.4 Å². The first-order chi connectivity index (χ1) is 10.7. The van der Waals surface area contributed by atoms with Gasteiger partial charge in [0.2, 0.25) is 5.91 Å². The zero-order valence-electron chi connectivity index (χ0n) is 13.8. The second kappa shape index (κ2) is 8.55. The predicted octanol–water partition coefficient (Wildman–Crippen LogP) is 2.79. The molecule has 1 atom stereocenters. The highest BCUT2D eigenvalue weighted by molar-refractivity contribution is 5.85. The zero-order chi connectivity index (χ0) is 15.4. The van der Waals surface area contributed by atoms with E-state index in [0.29, 0.717) is 5.91 Å². The minimum atomic E-state index is 0. The quantitative estimate of drug-likeness (QED) is 0.921. The van der Waals surface area contributed by atoms with Crippen LogP contribution in [0.5, 0.6) is 5.75 Å². The Bertz CT molecular complexity index is 492. The molecule has 1 amide bonds. The number of rotatable bonds is 3. The minimum absolute atomic E-state index is 0. The van der Waals surface area contributed by atoms with Gasteiger partial charge in [-0.2, -0.15) is 0 Å². The van der Waals surface area contributed by atoms with Gasteiger partial charge in [0.15, 0.2) is 0 Å². The van der Waals surface area contributed by atoms with Crippen LogP contribution in [0.2, 0.25) is 0 Å². The number of amides is 1. The van der Waals surface area contributed by atoms with E-state index in [9.17, 15) is 4.79 Å². The SMILES string of the molecule is Cc1ccc(OC2CCN(C(=O)C3CCCNC3)CC2)cc1.Cl. The van der Waals surface area contributed by atoms with Crippen LogP contribution in [0.25, 0.3) is 0 Å². The molecule has 0 aromatic heterocycles. The predicted molar refractivity (Wildman–Crippen MR) is 94.3 cm³/mol. The van der Waals surface area contributed by atoms with Gasteiger partial charge in [0.25, 0.3) is 0 Å². The van der Waals surface area contributed by atoms with Crippen LogP contribution in [0, 0.1) is 12.8 Å². The molecule has 0 bridgehead atoms. The van der Waals surface area contributed by atoms with E-state index in [2.05, 4.69) is 24.4 Å². The molecular formula is C18H27ClN2O2. The maximum absolute atomic E-state index is 12.5.